The van der Waals surface area contributed by atoms with Gasteiger partial charge in [-0.2, -0.15) is 0 Å². The molecule has 11 heteroatoms. The van der Waals surface area contributed by atoms with Crippen LogP contribution in [0.5, 0.6) is 0 Å². The first-order chi connectivity index (χ1) is 14.9. The van der Waals surface area contributed by atoms with Crippen molar-refractivity contribution in [2.45, 2.75) is 35.0 Å². The number of hydrogen-bond donors (Lipinski definition) is 1. The van der Waals surface area contributed by atoms with Crippen LogP contribution in [0.1, 0.15) is 19.4 Å². The summed E-state index contributed by atoms with van der Waals surface area (Å²) in [5.41, 5.74) is 1.57. The van der Waals surface area contributed by atoms with E-state index in [9.17, 15) is 21.6 Å². The average molecular weight is 498 g/mol. The number of rotatable bonds is 7. The van der Waals surface area contributed by atoms with Crippen molar-refractivity contribution >= 4 is 49.1 Å². The maximum atomic E-state index is 13.4. The van der Waals surface area contributed by atoms with Gasteiger partial charge in [0, 0.05) is 31.5 Å². The molecule has 1 amide bonds. The van der Waals surface area contributed by atoms with E-state index in [1.165, 1.54) is 60.5 Å². The Kier molecular flexibility index (Phi) is 6.94. The topological polar surface area (TPSA) is 104 Å². The number of fused-ring (bicyclic) bond motifs is 1. The highest BCUT2D eigenvalue weighted by Crippen LogP contribution is 2.36. The Hall–Kier alpha value is -2.08. The van der Waals surface area contributed by atoms with E-state index in [-0.39, 0.29) is 28.2 Å². The normalized spacial score (nSPS) is 14.2. The van der Waals surface area contributed by atoms with Gasteiger partial charge in [-0.25, -0.2) is 21.1 Å². The Morgan fingerprint density at radius 2 is 1.72 bits per heavy atom. The van der Waals surface area contributed by atoms with Crippen LogP contribution >= 0.6 is 11.8 Å². The first-order valence-electron chi connectivity index (χ1n) is 9.96. The molecule has 0 radical (unpaired) electrons. The Morgan fingerprint density at radius 1 is 1.06 bits per heavy atom. The molecule has 0 aromatic heterocycles. The zero-order chi connectivity index (χ0) is 23.8. The fourth-order valence-electron chi connectivity index (χ4n) is 3.32. The van der Waals surface area contributed by atoms with E-state index < -0.39 is 20.0 Å². The highest BCUT2D eigenvalue weighted by atomic mass is 32.2. The van der Waals surface area contributed by atoms with Gasteiger partial charge < -0.3 is 5.32 Å². The number of carbonyl (C=O) groups excluding carboxylic acids is 1. The van der Waals surface area contributed by atoms with Crippen LogP contribution in [-0.4, -0.2) is 53.9 Å². The molecule has 1 heterocycles. The number of nitrogens with zero attached hydrogens (tertiary/aromatic N) is 2. The number of nitrogens with one attached hydrogen (secondary N) is 1. The van der Waals surface area contributed by atoms with E-state index in [0.717, 1.165) is 9.20 Å². The van der Waals surface area contributed by atoms with E-state index >= 15 is 0 Å². The molecule has 0 atom stereocenters. The Morgan fingerprint density at radius 3 is 2.31 bits per heavy atom. The molecule has 2 aromatic rings. The molecule has 0 fully saturated rings. The van der Waals surface area contributed by atoms with Crippen molar-refractivity contribution in [3.8, 4) is 0 Å². The SMILES string of the molecule is CSc1ccc(S(=O)(=O)N2CCc3cc(S(=O)(=O)N(C)C)ccc32)cc1NC(=O)C(C)C. The molecular formula is C21H27N3O5S3. The molecule has 32 heavy (non-hydrogen) atoms. The van der Waals surface area contributed by atoms with Gasteiger partial charge in [0.1, 0.15) is 0 Å². The van der Waals surface area contributed by atoms with Gasteiger partial charge in [0.2, 0.25) is 15.9 Å². The summed E-state index contributed by atoms with van der Waals surface area (Å²) in [5, 5.41) is 2.80. The molecular weight excluding hydrogens is 470 g/mol. The molecule has 0 unspecified atom stereocenters. The molecule has 1 N–H and O–H groups in total. The second-order valence-corrected chi connectivity index (χ2v) is 12.8. The molecule has 8 nitrogen and oxygen atoms in total. The third-order valence-electron chi connectivity index (χ3n) is 5.22. The van der Waals surface area contributed by atoms with E-state index in [0.29, 0.717) is 23.4 Å². The summed E-state index contributed by atoms with van der Waals surface area (Å²) in [7, 11) is -4.62. The Bertz CT molecular complexity index is 1260. The zero-order valence-electron chi connectivity index (χ0n) is 18.6. The minimum atomic E-state index is -3.91. The molecule has 1 aliphatic heterocycles. The van der Waals surface area contributed by atoms with Crippen LogP contribution in [0.2, 0.25) is 0 Å². The average Bonchev–Trinajstić information content (AvgIpc) is 3.17. The zero-order valence-corrected chi connectivity index (χ0v) is 21.1. The first-order valence-corrected chi connectivity index (χ1v) is 14.1. The molecule has 1 aliphatic rings. The molecule has 0 aliphatic carbocycles. The van der Waals surface area contributed by atoms with Gasteiger partial charge in [-0.1, -0.05) is 13.8 Å². The summed E-state index contributed by atoms with van der Waals surface area (Å²) in [4.78, 5) is 13.1. The molecule has 0 spiro atoms. The quantitative estimate of drug-likeness (QED) is 0.590. The number of hydrogen-bond acceptors (Lipinski definition) is 6. The van der Waals surface area contributed by atoms with Gasteiger partial charge in [-0.05, 0) is 54.6 Å². The van der Waals surface area contributed by atoms with Crippen LogP contribution in [-0.2, 0) is 31.3 Å². The maximum absolute atomic E-state index is 13.4. The monoisotopic (exact) mass is 497 g/mol. The summed E-state index contributed by atoms with van der Waals surface area (Å²) in [5.74, 6) is -0.445. The van der Waals surface area contributed by atoms with Crippen molar-refractivity contribution < 1.29 is 21.6 Å². The third-order valence-corrected chi connectivity index (χ3v) is 9.64. The van der Waals surface area contributed by atoms with Crippen molar-refractivity contribution in [1.29, 1.82) is 0 Å². The minimum Gasteiger partial charge on any atom is -0.325 e. The van der Waals surface area contributed by atoms with Gasteiger partial charge in [0.15, 0.2) is 0 Å². The maximum Gasteiger partial charge on any atom is 0.264 e. The largest absolute Gasteiger partial charge is 0.325 e. The fourth-order valence-corrected chi connectivity index (χ4v) is 6.34. The summed E-state index contributed by atoms with van der Waals surface area (Å²) in [6.07, 6.45) is 2.26. The number of amides is 1. The lowest BCUT2D eigenvalue weighted by atomic mass is 10.2. The molecule has 3 rings (SSSR count). The lowest BCUT2D eigenvalue weighted by Gasteiger charge is -2.21. The van der Waals surface area contributed by atoms with Gasteiger partial charge in [-0.3, -0.25) is 9.10 Å². The molecule has 0 saturated carbocycles. The number of carbonyl (C=O) groups is 1. The van der Waals surface area contributed by atoms with Crippen LogP contribution in [0.15, 0.2) is 51.1 Å². The van der Waals surface area contributed by atoms with E-state index in [2.05, 4.69) is 5.32 Å². The van der Waals surface area contributed by atoms with E-state index in [1.54, 1.807) is 19.9 Å². The summed E-state index contributed by atoms with van der Waals surface area (Å²) >= 11 is 1.41. The van der Waals surface area contributed by atoms with Crippen molar-refractivity contribution in [2.24, 2.45) is 5.92 Å². The number of anilines is 2. The lowest BCUT2D eigenvalue weighted by molar-refractivity contribution is -0.118. The van der Waals surface area contributed by atoms with Crippen molar-refractivity contribution in [3.05, 3.63) is 42.0 Å². The third kappa shape index (κ3) is 4.52. The van der Waals surface area contributed by atoms with Crippen LogP contribution in [0.3, 0.4) is 0 Å². The molecule has 2 aromatic carbocycles. The molecule has 0 saturated heterocycles. The highest BCUT2D eigenvalue weighted by molar-refractivity contribution is 7.98. The molecule has 0 bridgehead atoms. The summed E-state index contributed by atoms with van der Waals surface area (Å²) < 4.78 is 54.1. The second kappa shape index (κ2) is 9.05. The van der Waals surface area contributed by atoms with E-state index in [4.69, 9.17) is 0 Å². The van der Waals surface area contributed by atoms with Gasteiger partial charge in [0.25, 0.3) is 10.0 Å². The van der Waals surface area contributed by atoms with Gasteiger partial charge in [0.05, 0.1) is 21.2 Å². The summed E-state index contributed by atoms with van der Waals surface area (Å²) in [6.45, 7) is 3.74. The highest BCUT2D eigenvalue weighted by Gasteiger charge is 2.32. The van der Waals surface area contributed by atoms with Crippen LogP contribution in [0, 0.1) is 5.92 Å². The minimum absolute atomic E-state index is 0.0622. The van der Waals surface area contributed by atoms with Gasteiger partial charge >= 0.3 is 0 Å². The predicted octanol–water partition coefficient (Wildman–Crippen LogP) is 3.00. The number of benzene rings is 2. The Labute approximate surface area is 194 Å². The predicted molar refractivity (Wildman–Crippen MR) is 127 cm³/mol. The fraction of sp³-hybridized carbons (Fsp3) is 0.381. The second-order valence-electron chi connectivity index (χ2n) is 7.91. The van der Waals surface area contributed by atoms with Crippen LogP contribution < -0.4 is 9.62 Å². The lowest BCUT2D eigenvalue weighted by Crippen LogP contribution is -2.29. The number of thioether (sulfide) groups is 1. The standard InChI is InChI=1S/C21H27N3O5S3/c1-14(2)21(25)22-18-13-17(7-9-20(18)30-5)32(28,29)24-11-10-15-12-16(6-8-19(15)24)31(26,27)23(3)4/h6-9,12-14H,10-11H2,1-5H3,(H,22,25). The van der Waals surface area contributed by atoms with Crippen LogP contribution in [0.25, 0.3) is 0 Å². The van der Waals surface area contributed by atoms with E-state index in [1.807, 2.05) is 6.26 Å². The first kappa shape index (κ1) is 24.6. The summed E-state index contributed by atoms with van der Waals surface area (Å²) in [6, 6.07) is 9.17. The van der Waals surface area contributed by atoms with Crippen molar-refractivity contribution in [3.63, 3.8) is 0 Å². The van der Waals surface area contributed by atoms with Crippen molar-refractivity contribution in [1.82, 2.24) is 4.31 Å². The number of sulfonamides is 2. The molecule has 174 valence electrons. The smallest absolute Gasteiger partial charge is 0.264 e. The van der Waals surface area contributed by atoms with Crippen LogP contribution in [0.4, 0.5) is 11.4 Å². The van der Waals surface area contributed by atoms with Gasteiger partial charge in [-0.15, -0.1) is 11.8 Å². The Balaban J connectivity index is 2.00. The van der Waals surface area contributed by atoms with Crippen molar-refractivity contribution in [2.75, 3.05) is 36.5 Å².